The second kappa shape index (κ2) is 5.45. The van der Waals surface area contributed by atoms with Crippen LogP contribution in [-0.2, 0) is 0 Å². The van der Waals surface area contributed by atoms with E-state index in [1.165, 1.54) is 0 Å². The average molecular weight is 281 g/mol. The highest BCUT2D eigenvalue weighted by Crippen LogP contribution is 2.28. The Morgan fingerprint density at radius 2 is 2.28 bits per heavy atom. The van der Waals surface area contributed by atoms with E-state index in [4.69, 9.17) is 18.0 Å². The minimum atomic E-state index is 0.445. The molecule has 1 fully saturated rings. The number of aromatic nitrogens is 1. The van der Waals surface area contributed by atoms with Crippen LogP contribution in [0.15, 0.2) is 6.07 Å². The average Bonchev–Trinajstić information content (AvgIpc) is 2.27. The lowest BCUT2D eigenvalue weighted by molar-refractivity contribution is 0.779. The number of hydrogen-bond acceptors (Lipinski definition) is 4. The van der Waals surface area contributed by atoms with E-state index >= 15 is 0 Å². The zero-order valence-electron chi connectivity index (χ0n) is 11.1. The second-order valence-corrected chi connectivity index (χ2v) is 6.72. The van der Waals surface area contributed by atoms with Crippen molar-refractivity contribution in [3.05, 3.63) is 23.0 Å². The first-order chi connectivity index (χ1) is 8.49. The summed E-state index contributed by atoms with van der Waals surface area (Å²) in [5.74, 6) is 1.15. The lowest BCUT2D eigenvalue weighted by Crippen LogP contribution is -2.38. The number of nitrogens with zero attached hydrogens (tertiary/aromatic N) is 2. The highest BCUT2D eigenvalue weighted by molar-refractivity contribution is 8.00. The molecule has 1 aromatic rings. The molecule has 0 amide bonds. The molecule has 3 nitrogen and oxygen atoms in total. The van der Waals surface area contributed by atoms with Crippen molar-refractivity contribution in [2.24, 2.45) is 5.73 Å². The van der Waals surface area contributed by atoms with Crippen molar-refractivity contribution in [3.63, 3.8) is 0 Å². The first-order valence-corrected chi connectivity index (χ1v) is 7.59. The van der Waals surface area contributed by atoms with Crippen LogP contribution in [-0.4, -0.2) is 34.1 Å². The van der Waals surface area contributed by atoms with Gasteiger partial charge in [-0.3, -0.25) is 4.98 Å². The molecule has 1 aliphatic heterocycles. The topological polar surface area (TPSA) is 42.1 Å². The van der Waals surface area contributed by atoms with Gasteiger partial charge in [-0.05, 0) is 19.9 Å². The van der Waals surface area contributed by atoms with Crippen molar-refractivity contribution in [2.45, 2.75) is 26.0 Å². The number of hydrogen-bond donors (Lipinski definition) is 1. The first-order valence-electron chi connectivity index (χ1n) is 6.13. The van der Waals surface area contributed by atoms with Crippen molar-refractivity contribution in [2.75, 3.05) is 23.7 Å². The molecule has 1 atom stereocenters. The number of pyridine rings is 1. The maximum Gasteiger partial charge on any atom is 0.107 e. The Morgan fingerprint density at radius 3 is 2.89 bits per heavy atom. The molecule has 0 radical (unpaired) electrons. The number of aryl methyl sites for hydroxylation is 2. The molecule has 0 aliphatic carbocycles. The van der Waals surface area contributed by atoms with Crippen molar-refractivity contribution < 1.29 is 0 Å². The standard InChI is InChI=1S/C13H19N3S2/c1-8-6-11(12(13(14)17)10(3)15-8)16-4-5-18-9(2)7-16/h6,9H,4-5,7H2,1-3H3,(H2,14,17). The van der Waals surface area contributed by atoms with E-state index in [-0.39, 0.29) is 0 Å². The summed E-state index contributed by atoms with van der Waals surface area (Å²) in [6, 6.07) is 2.10. The Bertz CT molecular complexity index is 474. The third-order valence-corrected chi connectivity index (χ3v) is 4.48. The number of thioether (sulfide) groups is 1. The van der Waals surface area contributed by atoms with E-state index in [2.05, 4.69) is 22.9 Å². The van der Waals surface area contributed by atoms with Gasteiger partial charge < -0.3 is 10.6 Å². The Balaban J connectivity index is 2.44. The van der Waals surface area contributed by atoms with Gasteiger partial charge in [0.1, 0.15) is 4.99 Å². The van der Waals surface area contributed by atoms with E-state index in [9.17, 15) is 0 Å². The Kier molecular flexibility index (Phi) is 4.12. The van der Waals surface area contributed by atoms with Crippen LogP contribution in [0.25, 0.3) is 0 Å². The van der Waals surface area contributed by atoms with E-state index in [1.807, 2.05) is 25.6 Å². The fourth-order valence-corrected chi connectivity index (χ4v) is 3.67. The molecule has 0 saturated carbocycles. The number of thiocarbonyl (C=S) groups is 1. The van der Waals surface area contributed by atoms with E-state index in [0.717, 1.165) is 41.5 Å². The summed E-state index contributed by atoms with van der Waals surface area (Å²) in [7, 11) is 0. The van der Waals surface area contributed by atoms with Crippen LogP contribution < -0.4 is 10.6 Å². The molecule has 98 valence electrons. The predicted octanol–water partition coefficient (Wildman–Crippen LogP) is 2.27. The van der Waals surface area contributed by atoms with Gasteiger partial charge in [0.2, 0.25) is 0 Å². The summed E-state index contributed by atoms with van der Waals surface area (Å²) in [5, 5.41) is 0.645. The van der Waals surface area contributed by atoms with E-state index in [0.29, 0.717) is 10.2 Å². The summed E-state index contributed by atoms with van der Waals surface area (Å²) in [6.07, 6.45) is 0. The van der Waals surface area contributed by atoms with Crippen LogP contribution in [0.4, 0.5) is 5.69 Å². The smallest absolute Gasteiger partial charge is 0.107 e. The van der Waals surface area contributed by atoms with E-state index in [1.54, 1.807) is 0 Å². The van der Waals surface area contributed by atoms with Gasteiger partial charge in [-0.15, -0.1) is 0 Å². The minimum Gasteiger partial charge on any atom is -0.389 e. The van der Waals surface area contributed by atoms with Gasteiger partial charge in [0.05, 0.1) is 11.3 Å². The molecule has 1 unspecified atom stereocenters. The maximum atomic E-state index is 5.87. The Labute approximate surface area is 118 Å². The molecule has 1 aliphatic rings. The van der Waals surface area contributed by atoms with Gasteiger partial charge in [-0.1, -0.05) is 19.1 Å². The van der Waals surface area contributed by atoms with Crippen molar-refractivity contribution in [3.8, 4) is 0 Å². The zero-order valence-corrected chi connectivity index (χ0v) is 12.7. The molecule has 5 heteroatoms. The quantitative estimate of drug-likeness (QED) is 0.842. The third-order valence-electron chi connectivity index (χ3n) is 3.14. The van der Waals surface area contributed by atoms with Crippen molar-refractivity contribution in [1.29, 1.82) is 0 Å². The number of nitrogens with two attached hydrogens (primary N) is 1. The zero-order chi connectivity index (χ0) is 13.3. The molecule has 1 saturated heterocycles. The summed E-state index contributed by atoms with van der Waals surface area (Å²) >= 11 is 7.20. The van der Waals surface area contributed by atoms with Gasteiger partial charge in [-0.2, -0.15) is 11.8 Å². The SMILES string of the molecule is Cc1cc(N2CCSC(C)C2)c(C(N)=S)c(C)n1. The van der Waals surface area contributed by atoms with Crippen molar-refractivity contribution in [1.82, 2.24) is 4.98 Å². The lowest BCUT2D eigenvalue weighted by Gasteiger charge is -2.34. The number of rotatable bonds is 2. The Morgan fingerprint density at radius 1 is 1.56 bits per heavy atom. The maximum absolute atomic E-state index is 5.87. The highest BCUT2D eigenvalue weighted by Gasteiger charge is 2.21. The van der Waals surface area contributed by atoms with Crippen LogP contribution in [0.2, 0.25) is 0 Å². The molecule has 2 heterocycles. The number of anilines is 1. The summed E-state index contributed by atoms with van der Waals surface area (Å²) < 4.78 is 0. The van der Waals surface area contributed by atoms with Crippen LogP contribution in [0.1, 0.15) is 23.9 Å². The normalized spacial score (nSPS) is 19.9. The molecule has 2 rings (SSSR count). The molecule has 1 aromatic heterocycles. The molecule has 2 N–H and O–H groups in total. The Hall–Kier alpha value is -0.810. The van der Waals surface area contributed by atoms with Gasteiger partial charge in [0, 0.05) is 35.5 Å². The van der Waals surface area contributed by atoms with Gasteiger partial charge in [-0.25, -0.2) is 0 Å². The first kappa shape index (κ1) is 13.6. The molecule has 0 bridgehead atoms. The minimum absolute atomic E-state index is 0.445. The van der Waals surface area contributed by atoms with Crippen LogP contribution in [0.5, 0.6) is 0 Å². The fourth-order valence-electron chi connectivity index (χ4n) is 2.40. The predicted molar refractivity (Wildman–Crippen MR) is 83.7 cm³/mol. The fraction of sp³-hybridized carbons (Fsp3) is 0.538. The molecular weight excluding hydrogens is 262 g/mol. The monoisotopic (exact) mass is 281 g/mol. The van der Waals surface area contributed by atoms with Crippen molar-refractivity contribution >= 4 is 34.7 Å². The van der Waals surface area contributed by atoms with E-state index < -0.39 is 0 Å². The summed E-state index contributed by atoms with van der Waals surface area (Å²) in [5.41, 5.74) is 9.91. The van der Waals surface area contributed by atoms with Crippen LogP contribution in [0.3, 0.4) is 0 Å². The molecular formula is C13H19N3S2. The van der Waals surface area contributed by atoms with Crippen LogP contribution >= 0.6 is 24.0 Å². The third kappa shape index (κ3) is 2.78. The summed E-state index contributed by atoms with van der Waals surface area (Å²) in [4.78, 5) is 7.30. The van der Waals surface area contributed by atoms with Gasteiger partial charge in [0.15, 0.2) is 0 Å². The molecule has 0 spiro atoms. The molecule has 18 heavy (non-hydrogen) atoms. The largest absolute Gasteiger partial charge is 0.389 e. The molecule has 0 aromatic carbocycles. The van der Waals surface area contributed by atoms with Crippen LogP contribution in [0, 0.1) is 13.8 Å². The second-order valence-electron chi connectivity index (χ2n) is 4.73. The summed E-state index contributed by atoms with van der Waals surface area (Å²) in [6.45, 7) is 8.35. The lowest BCUT2D eigenvalue weighted by atomic mass is 10.1. The van der Waals surface area contributed by atoms with Gasteiger partial charge >= 0.3 is 0 Å². The van der Waals surface area contributed by atoms with Gasteiger partial charge in [0.25, 0.3) is 0 Å². The highest BCUT2D eigenvalue weighted by atomic mass is 32.2.